The van der Waals surface area contributed by atoms with Crippen molar-refractivity contribution < 1.29 is 0 Å². The molecule has 1 N–H and O–H groups in total. The molecule has 19 heavy (non-hydrogen) atoms. The molecule has 0 saturated carbocycles. The minimum absolute atomic E-state index is 0.627. The fraction of sp³-hybridized carbons (Fsp3) is 0.800. The van der Waals surface area contributed by atoms with Gasteiger partial charge in [0.15, 0.2) is 0 Å². The van der Waals surface area contributed by atoms with Gasteiger partial charge in [-0.15, -0.1) is 0 Å². The molecule has 0 radical (unpaired) electrons. The predicted molar refractivity (Wildman–Crippen MR) is 77.3 cm³/mol. The van der Waals surface area contributed by atoms with Gasteiger partial charge in [-0.05, 0) is 45.8 Å². The van der Waals surface area contributed by atoms with Crippen LogP contribution in [0.2, 0.25) is 0 Å². The molecular weight excluding hydrogens is 236 g/mol. The maximum atomic E-state index is 4.38. The van der Waals surface area contributed by atoms with E-state index in [9.17, 15) is 0 Å². The maximum Gasteiger partial charge on any atom is 0.0948 e. The van der Waals surface area contributed by atoms with Crippen molar-refractivity contribution in [1.29, 1.82) is 0 Å². The van der Waals surface area contributed by atoms with Gasteiger partial charge >= 0.3 is 0 Å². The Labute approximate surface area is 116 Å². The number of piperidine rings is 1. The molecule has 1 aromatic rings. The van der Waals surface area contributed by atoms with Gasteiger partial charge in [-0.2, -0.15) is 0 Å². The number of likely N-dealkylation sites (tertiary alicyclic amines) is 1. The van der Waals surface area contributed by atoms with Crippen LogP contribution in [0.5, 0.6) is 0 Å². The molecule has 0 spiro atoms. The van der Waals surface area contributed by atoms with Crippen molar-refractivity contribution in [2.75, 3.05) is 26.2 Å². The Morgan fingerprint density at radius 2 is 2.21 bits per heavy atom. The Kier molecular flexibility index (Phi) is 4.18. The SMILES string of the molecule is CC(Cn1cncc1C1CCNC1)N1CCCCC1. The minimum Gasteiger partial charge on any atom is -0.333 e. The van der Waals surface area contributed by atoms with Crippen LogP contribution >= 0.6 is 0 Å². The highest BCUT2D eigenvalue weighted by molar-refractivity contribution is 5.09. The topological polar surface area (TPSA) is 33.1 Å². The number of rotatable bonds is 4. The van der Waals surface area contributed by atoms with Crippen LogP contribution in [0, 0.1) is 0 Å². The highest BCUT2D eigenvalue weighted by atomic mass is 15.2. The van der Waals surface area contributed by atoms with Crippen molar-refractivity contribution >= 4 is 0 Å². The summed E-state index contributed by atoms with van der Waals surface area (Å²) in [7, 11) is 0. The zero-order valence-electron chi connectivity index (χ0n) is 12.0. The van der Waals surface area contributed by atoms with Crippen LogP contribution in [-0.2, 0) is 6.54 Å². The summed E-state index contributed by atoms with van der Waals surface area (Å²) in [5, 5.41) is 3.45. The average molecular weight is 262 g/mol. The van der Waals surface area contributed by atoms with Crippen LogP contribution in [0.1, 0.15) is 44.2 Å². The fourth-order valence-corrected chi connectivity index (χ4v) is 3.49. The van der Waals surface area contributed by atoms with E-state index in [2.05, 4.69) is 32.9 Å². The van der Waals surface area contributed by atoms with Crippen LogP contribution in [-0.4, -0.2) is 46.7 Å². The third-order valence-corrected chi connectivity index (χ3v) is 4.70. The number of aromatic nitrogens is 2. The van der Waals surface area contributed by atoms with Gasteiger partial charge in [0, 0.05) is 36.9 Å². The number of nitrogens with zero attached hydrogens (tertiary/aromatic N) is 3. The summed E-state index contributed by atoms with van der Waals surface area (Å²) >= 11 is 0. The molecule has 0 aliphatic carbocycles. The molecule has 2 aliphatic heterocycles. The van der Waals surface area contributed by atoms with Gasteiger partial charge in [0.1, 0.15) is 0 Å². The van der Waals surface area contributed by atoms with E-state index in [-0.39, 0.29) is 0 Å². The largest absolute Gasteiger partial charge is 0.333 e. The fourth-order valence-electron chi connectivity index (χ4n) is 3.49. The van der Waals surface area contributed by atoms with Crippen molar-refractivity contribution in [1.82, 2.24) is 19.8 Å². The lowest BCUT2D eigenvalue weighted by Crippen LogP contribution is -2.40. The van der Waals surface area contributed by atoms with Crippen molar-refractivity contribution in [3.05, 3.63) is 18.2 Å². The molecule has 0 bridgehead atoms. The molecule has 0 aromatic carbocycles. The molecule has 4 nitrogen and oxygen atoms in total. The second-order valence-corrected chi connectivity index (χ2v) is 6.11. The lowest BCUT2D eigenvalue weighted by Gasteiger charge is -2.33. The maximum absolute atomic E-state index is 4.38. The standard InChI is InChI=1S/C15H26N4/c1-13(18-7-3-2-4-8-18)11-19-12-17-10-15(19)14-5-6-16-9-14/h10,12-14,16H,2-9,11H2,1H3. The van der Waals surface area contributed by atoms with Crippen LogP contribution in [0.4, 0.5) is 0 Å². The molecular formula is C15H26N4. The van der Waals surface area contributed by atoms with E-state index in [0.717, 1.165) is 19.6 Å². The summed E-state index contributed by atoms with van der Waals surface area (Å²) in [6.07, 6.45) is 9.49. The molecule has 3 rings (SSSR count). The summed E-state index contributed by atoms with van der Waals surface area (Å²) < 4.78 is 2.39. The van der Waals surface area contributed by atoms with Gasteiger partial charge in [-0.25, -0.2) is 4.98 Å². The van der Waals surface area contributed by atoms with Gasteiger partial charge in [0.25, 0.3) is 0 Å². The van der Waals surface area contributed by atoms with Crippen LogP contribution in [0.15, 0.2) is 12.5 Å². The first-order valence-electron chi connectivity index (χ1n) is 7.79. The molecule has 2 atom stereocenters. The first-order chi connectivity index (χ1) is 9.34. The second-order valence-electron chi connectivity index (χ2n) is 6.11. The molecule has 1 aromatic heterocycles. The Bertz CT molecular complexity index is 389. The Hall–Kier alpha value is -0.870. The summed E-state index contributed by atoms with van der Waals surface area (Å²) in [5.41, 5.74) is 1.42. The van der Waals surface area contributed by atoms with Crippen molar-refractivity contribution in [2.24, 2.45) is 0 Å². The summed E-state index contributed by atoms with van der Waals surface area (Å²) in [6, 6.07) is 0.627. The van der Waals surface area contributed by atoms with Crippen LogP contribution < -0.4 is 5.32 Å². The lowest BCUT2D eigenvalue weighted by atomic mass is 10.1. The van der Waals surface area contributed by atoms with Gasteiger partial charge in [-0.1, -0.05) is 6.42 Å². The monoisotopic (exact) mass is 262 g/mol. The van der Waals surface area contributed by atoms with Crippen LogP contribution in [0.25, 0.3) is 0 Å². The molecule has 2 aliphatic rings. The minimum atomic E-state index is 0.627. The molecule has 2 unspecified atom stereocenters. The van der Waals surface area contributed by atoms with E-state index in [4.69, 9.17) is 0 Å². The highest BCUT2D eigenvalue weighted by Gasteiger charge is 2.22. The Morgan fingerprint density at radius 3 is 2.95 bits per heavy atom. The number of hydrogen-bond donors (Lipinski definition) is 1. The summed E-state index contributed by atoms with van der Waals surface area (Å²) in [6.45, 7) is 8.27. The first kappa shape index (κ1) is 13.1. The van der Waals surface area contributed by atoms with E-state index in [1.807, 2.05) is 6.33 Å². The zero-order valence-corrected chi connectivity index (χ0v) is 12.0. The number of imidazole rings is 1. The van der Waals surface area contributed by atoms with Gasteiger partial charge in [-0.3, -0.25) is 4.90 Å². The van der Waals surface area contributed by atoms with Crippen LogP contribution in [0.3, 0.4) is 0 Å². The quantitative estimate of drug-likeness (QED) is 0.899. The van der Waals surface area contributed by atoms with Gasteiger partial charge < -0.3 is 9.88 Å². The lowest BCUT2D eigenvalue weighted by molar-refractivity contribution is 0.159. The summed E-state index contributed by atoms with van der Waals surface area (Å²) in [4.78, 5) is 7.02. The van der Waals surface area contributed by atoms with Crippen molar-refractivity contribution in [3.63, 3.8) is 0 Å². The predicted octanol–water partition coefficient (Wildman–Crippen LogP) is 1.83. The number of hydrogen-bond acceptors (Lipinski definition) is 3. The smallest absolute Gasteiger partial charge is 0.0948 e. The second kappa shape index (κ2) is 6.06. The van der Waals surface area contributed by atoms with Gasteiger partial charge in [0.05, 0.1) is 6.33 Å². The Balaban J connectivity index is 1.63. The molecule has 4 heteroatoms. The molecule has 0 amide bonds. The van der Waals surface area contributed by atoms with Gasteiger partial charge in [0.2, 0.25) is 0 Å². The average Bonchev–Trinajstić information content (AvgIpc) is 3.10. The van der Waals surface area contributed by atoms with Crippen molar-refractivity contribution in [2.45, 2.75) is 51.1 Å². The third-order valence-electron chi connectivity index (χ3n) is 4.70. The van der Waals surface area contributed by atoms with Crippen molar-refractivity contribution in [3.8, 4) is 0 Å². The zero-order chi connectivity index (χ0) is 13.1. The Morgan fingerprint density at radius 1 is 1.37 bits per heavy atom. The third kappa shape index (κ3) is 3.00. The molecule has 3 heterocycles. The van der Waals surface area contributed by atoms with E-state index in [0.29, 0.717) is 12.0 Å². The normalized spacial score (nSPS) is 26.7. The summed E-state index contributed by atoms with van der Waals surface area (Å²) in [5.74, 6) is 0.663. The van der Waals surface area contributed by atoms with E-state index < -0.39 is 0 Å². The highest BCUT2D eigenvalue weighted by Crippen LogP contribution is 2.23. The molecule has 106 valence electrons. The first-order valence-corrected chi connectivity index (χ1v) is 7.79. The number of nitrogens with one attached hydrogen (secondary N) is 1. The van der Waals surface area contributed by atoms with E-state index in [1.54, 1.807) is 0 Å². The van der Waals surface area contributed by atoms with E-state index >= 15 is 0 Å². The molecule has 2 saturated heterocycles. The molecule has 2 fully saturated rings. The van der Waals surface area contributed by atoms with E-state index in [1.165, 1.54) is 44.5 Å².